The lowest BCUT2D eigenvalue weighted by atomic mass is 9.94. The molecule has 1 saturated heterocycles. The molecule has 2 heterocycles. The number of aromatic nitrogens is 1. The van der Waals surface area contributed by atoms with Crippen LogP contribution in [0.2, 0.25) is 0 Å². The maximum atomic E-state index is 5.61. The highest BCUT2D eigenvalue weighted by atomic mass is 16.5. The first kappa shape index (κ1) is 20.2. The van der Waals surface area contributed by atoms with Gasteiger partial charge in [-0.1, -0.05) is 19.3 Å². The van der Waals surface area contributed by atoms with Gasteiger partial charge in [-0.15, -0.1) is 0 Å². The molecule has 1 aliphatic carbocycles. The lowest BCUT2D eigenvalue weighted by molar-refractivity contribution is 0.0745. The van der Waals surface area contributed by atoms with E-state index in [0.717, 1.165) is 54.1 Å². The zero-order chi connectivity index (χ0) is 20.1. The molecular weight excluding hydrogens is 362 g/mol. The molecule has 1 aromatic carbocycles. The van der Waals surface area contributed by atoms with E-state index in [1.54, 1.807) is 14.2 Å². The van der Waals surface area contributed by atoms with Crippen molar-refractivity contribution in [1.29, 1.82) is 0 Å². The van der Waals surface area contributed by atoms with Gasteiger partial charge in [-0.25, -0.2) is 4.98 Å². The Morgan fingerprint density at radius 3 is 2.24 bits per heavy atom. The number of nitrogens with zero attached hydrogens (tertiary/aromatic N) is 3. The minimum absolute atomic E-state index is 0.817. The van der Waals surface area contributed by atoms with E-state index in [4.69, 9.17) is 14.5 Å². The summed E-state index contributed by atoms with van der Waals surface area (Å²) in [5, 5.41) is 0. The Labute approximate surface area is 174 Å². The standard InChI is InChI=1S/C24H33N3O2/c1-28-21-10-8-19(9-11-21)22-12-13-24(29-2)23(25-22)18-26-14-16-27(17-15-26)20-6-4-3-5-7-20/h8-13,20H,3-7,14-18H2,1-2H3. The van der Waals surface area contributed by atoms with Gasteiger partial charge in [0.1, 0.15) is 11.5 Å². The fourth-order valence-corrected chi connectivity index (χ4v) is 4.65. The molecule has 4 rings (SSSR count). The first-order valence-corrected chi connectivity index (χ1v) is 10.9. The third kappa shape index (κ3) is 4.90. The Kier molecular flexibility index (Phi) is 6.67. The van der Waals surface area contributed by atoms with E-state index in [0.29, 0.717) is 0 Å². The molecule has 2 aliphatic rings. The lowest BCUT2D eigenvalue weighted by Crippen LogP contribution is -2.50. The van der Waals surface area contributed by atoms with Crippen LogP contribution >= 0.6 is 0 Å². The average molecular weight is 396 g/mol. The van der Waals surface area contributed by atoms with Gasteiger partial charge in [-0.3, -0.25) is 9.80 Å². The SMILES string of the molecule is COc1ccc(-c2ccc(OC)c(CN3CCN(C4CCCCC4)CC3)n2)cc1. The first-order chi connectivity index (χ1) is 14.3. The fourth-order valence-electron chi connectivity index (χ4n) is 4.65. The number of ether oxygens (including phenoxy) is 2. The van der Waals surface area contributed by atoms with Crippen molar-refractivity contribution < 1.29 is 9.47 Å². The molecule has 29 heavy (non-hydrogen) atoms. The second-order valence-corrected chi connectivity index (χ2v) is 8.18. The van der Waals surface area contributed by atoms with E-state index in [1.807, 2.05) is 24.3 Å². The van der Waals surface area contributed by atoms with Crippen LogP contribution < -0.4 is 9.47 Å². The molecular formula is C24H33N3O2. The molecule has 156 valence electrons. The molecule has 0 bridgehead atoms. The molecule has 1 saturated carbocycles. The Bertz CT molecular complexity index is 779. The Balaban J connectivity index is 1.42. The van der Waals surface area contributed by atoms with Crippen LogP contribution in [-0.4, -0.2) is 61.2 Å². The second kappa shape index (κ2) is 9.59. The zero-order valence-corrected chi connectivity index (χ0v) is 17.8. The molecule has 0 spiro atoms. The van der Waals surface area contributed by atoms with Crippen molar-refractivity contribution in [3.63, 3.8) is 0 Å². The molecule has 5 nitrogen and oxygen atoms in total. The third-order valence-corrected chi connectivity index (χ3v) is 6.41. The zero-order valence-electron chi connectivity index (χ0n) is 17.8. The lowest BCUT2D eigenvalue weighted by Gasteiger charge is -2.40. The molecule has 5 heteroatoms. The van der Waals surface area contributed by atoms with Crippen molar-refractivity contribution in [1.82, 2.24) is 14.8 Å². The molecule has 2 fully saturated rings. The Morgan fingerprint density at radius 2 is 1.59 bits per heavy atom. The minimum Gasteiger partial charge on any atom is -0.497 e. The van der Waals surface area contributed by atoms with Crippen molar-refractivity contribution in [2.45, 2.75) is 44.7 Å². The van der Waals surface area contributed by atoms with Crippen LogP contribution in [0.25, 0.3) is 11.3 Å². The van der Waals surface area contributed by atoms with Crippen LogP contribution in [0.3, 0.4) is 0 Å². The van der Waals surface area contributed by atoms with E-state index in [-0.39, 0.29) is 0 Å². The van der Waals surface area contributed by atoms with Gasteiger partial charge in [-0.2, -0.15) is 0 Å². The minimum atomic E-state index is 0.817. The molecule has 0 N–H and O–H groups in total. The predicted molar refractivity (Wildman–Crippen MR) is 117 cm³/mol. The quantitative estimate of drug-likeness (QED) is 0.732. The molecule has 2 aromatic rings. The molecule has 0 unspecified atom stereocenters. The van der Waals surface area contributed by atoms with Gasteiger partial charge in [-0.05, 0) is 49.2 Å². The summed E-state index contributed by atoms with van der Waals surface area (Å²) in [7, 11) is 3.42. The van der Waals surface area contributed by atoms with Crippen molar-refractivity contribution in [3.05, 3.63) is 42.1 Å². The highest BCUT2D eigenvalue weighted by Gasteiger charge is 2.25. The van der Waals surface area contributed by atoms with Crippen LogP contribution in [0.4, 0.5) is 0 Å². The van der Waals surface area contributed by atoms with Crippen LogP contribution in [0.1, 0.15) is 37.8 Å². The van der Waals surface area contributed by atoms with Crippen molar-refractivity contribution in [2.24, 2.45) is 0 Å². The van der Waals surface area contributed by atoms with Crippen molar-refractivity contribution in [2.75, 3.05) is 40.4 Å². The van der Waals surface area contributed by atoms with E-state index in [9.17, 15) is 0 Å². The molecule has 0 radical (unpaired) electrons. The molecule has 1 aromatic heterocycles. The number of pyridine rings is 1. The fraction of sp³-hybridized carbons (Fsp3) is 0.542. The highest BCUT2D eigenvalue weighted by molar-refractivity contribution is 5.61. The van der Waals surface area contributed by atoms with Crippen LogP contribution in [0, 0.1) is 0 Å². The van der Waals surface area contributed by atoms with Gasteiger partial charge < -0.3 is 9.47 Å². The van der Waals surface area contributed by atoms with Crippen LogP contribution in [0.5, 0.6) is 11.5 Å². The number of hydrogen-bond donors (Lipinski definition) is 0. The number of benzene rings is 1. The van der Waals surface area contributed by atoms with Gasteiger partial charge in [0.15, 0.2) is 0 Å². The largest absolute Gasteiger partial charge is 0.497 e. The Morgan fingerprint density at radius 1 is 0.862 bits per heavy atom. The average Bonchev–Trinajstić information content (AvgIpc) is 2.80. The summed E-state index contributed by atoms with van der Waals surface area (Å²) in [6, 6.07) is 13.0. The molecule has 0 amide bonds. The summed E-state index contributed by atoms with van der Waals surface area (Å²) >= 11 is 0. The molecule has 0 atom stereocenters. The number of hydrogen-bond acceptors (Lipinski definition) is 5. The molecule has 1 aliphatic heterocycles. The van der Waals surface area contributed by atoms with Crippen LogP contribution in [0.15, 0.2) is 36.4 Å². The second-order valence-electron chi connectivity index (χ2n) is 8.18. The summed E-state index contributed by atoms with van der Waals surface area (Å²) in [5.41, 5.74) is 3.09. The Hall–Kier alpha value is -2.11. The van der Waals surface area contributed by atoms with Crippen LogP contribution in [-0.2, 0) is 6.54 Å². The van der Waals surface area contributed by atoms with Gasteiger partial charge in [0.2, 0.25) is 0 Å². The predicted octanol–water partition coefficient (Wildman–Crippen LogP) is 4.22. The van der Waals surface area contributed by atoms with E-state index in [1.165, 1.54) is 45.2 Å². The number of rotatable bonds is 6. The van der Waals surface area contributed by atoms with Gasteiger partial charge in [0, 0.05) is 44.3 Å². The van der Waals surface area contributed by atoms with Gasteiger partial charge in [0.25, 0.3) is 0 Å². The van der Waals surface area contributed by atoms with E-state index < -0.39 is 0 Å². The first-order valence-electron chi connectivity index (χ1n) is 10.9. The number of piperazine rings is 1. The summed E-state index contributed by atoms with van der Waals surface area (Å²) in [6.07, 6.45) is 7.01. The smallest absolute Gasteiger partial charge is 0.141 e. The van der Waals surface area contributed by atoms with Gasteiger partial charge >= 0.3 is 0 Å². The maximum absolute atomic E-state index is 5.61. The topological polar surface area (TPSA) is 37.8 Å². The van der Waals surface area contributed by atoms with E-state index >= 15 is 0 Å². The maximum Gasteiger partial charge on any atom is 0.141 e. The van der Waals surface area contributed by atoms with Crippen molar-refractivity contribution >= 4 is 0 Å². The summed E-state index contributed by atoms with van der Waals surface area (Å²) in [6.45, 7) is 5.39. The highest BCUT2D eigenvalue weighted by Crippen LogP contribution is 2.27. The summed E-state index contributed by atoms with van der Waals surface area (Å²) < 4.78 is 10.9. The third-order valence-electron chi connectivity index (χ3n) is 6.41. The van der Waals surface area contributed by atoms with E-state index in [2.05, 4.69) is 21.9 Å². The van der Waals surface area contributed by atoms with Crippen molar-refractivity contribution in [3.8, 4) is 22.8 Å². The monoisotopic (exact) mass is 395 g/mol. The summed E-state index contributed by atoms with van der Waals surface area (Å²) in [4.78, 5) is 10.2. The normalized spacial score (nSPS) is 19.2. The summed E-state index contributed by atoms with van der Waals surface area (Å²) in [5.74, 6) is 1.73. The number of methoxy groups -OCH3 is 2. The van der Waals surface area contributed by atoms with Gasteiger partial charge in [0.05, 0.1) is 25.6 Å².